The molecule has 25 heavy (non-hydrogen) atoms. The number of esters is 1. The standard InChI is InChI=1S/C20H22FNO3/c1-4-22(12-16-6-5-7-17(21)11-16)19(23)13-25-20(24)18-10-14(2)8-9-15(18)3/h5-11H,4,12-13H2,1-3H3. The van der Waals surface area contributed by atoms with Crippen LogP contribution in [0.15, 0.2) is 42.5 Å². The lowest BCUT2D eigenvalue weighted by Gasteiger charge is -2.21. The van der Waals surface area contributed by atoms with Crippen LogP contribution in [-0.2, 0) is 16.1 Å². The number of aryl methyl sites for hydroxylation is 2. The Morgan fingerprint density at radius 3 is 2.56 bits per heavy atom. The van der Waals surface area contributed by atoms with Crippen LogP contribution in [0.2, 0.25) is 0 Å². The fourth-order valence-corrected chi connectivity index (χ4v) is 2.48. The van der Waals surface area contributed by atoms with Gasteiger partial charge in [-0.2, -0.15) is 0 Å². The molecule has 0 atom stereocenters. The number of likely N-dealkylation sites (N-methyl/N-ethyl adjacent to an activating group) is 1. The number of rotatable bonds is 6. The van der Waals surface area contributed by atoms with Crippen LogP contribution in [0.25, 0.3) is 0 Å². The van der Waals surface area contributed by atoms with Crippen molar-refractivity contribution in [1.82, 2.24) is 4.90 Å². The van der Waals surface area contributed by atoms with Crippen LogP contribution < -0.4 is 0 Å². The highest BCUT2D eigenvalue weighted by Gasteiger charge is 2.17. The molecule has 2 rings (SSSR count). The van der Waals surface area contributed by atoms with E-state index >= 15 is 0 Å². The molecule has 0 heterocycles. The lowest BCUT2D eigenvalue weighted by Crippen LogP contribution is -2.34. The number of nitrogens with zero attached hydrogens (tertiary/aromatic N) is 1. The fourth-order valence-electron chi connectivity index (χ4n) is 2.48. The summed E-state index contributed by atoms with van der Waals surface area (Å²) in [5.41, 5.74) is 2.90. The molecule has 0 saturated carbocycles. The van der Waals surface area contributed by atoms with Crippen LogP contribution >= 0.6 is 0 Å². The zero-order valence-electron chi connectivity index (χ0n) is 14.7. The van der Waals surface area contributed by atoms with Crippen molar-refractivity contribution in [2.45, 2.75) is 27.3 Å². The van der Waals surface area contributed by atoms with Gasteiger partial charge in [0.25, 0.3) is 5.91 Å². The Balaban J connectivity index is 1.97. The molecule has 5 heteroatoms. The number of halogens is 1. The minimum atomic E-state index is -0.517. The molecule has 132 valence electrons. The van der Waals surface area contributed by atoms with Crippen LogP contribution in [0.5, 0.6) is 0 Å². The Labute approximate surface area is 147 Å². The molecule has 0 N–H and O–H groups in total. The van der Waals surface area contributed by atoms with E-state index in [1.165, 1.54) is 17.0 Å². The molecule has 0 aliphatic rings. The third-order valence-electron chi connectivity index (χ3n) is 3.94. The molecule has 0 aliphatic heterocycles. The molecule has 0 fully saturated rings. The SMILES string of the molecule is CCN(Cc1cccc(F)c1)C(=O)COC(=O)c1cc(C)ccc1C. The summed E-state index contributed by atoms with van der Waals surface area (Å²) in [7, 11) is 0. The Morgan fingerprint density at radius 1 is 1.12 bits per heavy atom. The van der Waals surface area contributed by atoms with Gasteiger partial charge in [0.05, 0.1) is 5.56 Å². The van der Waals surface area contributed by atoms with E-state index in [0.29, 0.717) is 17.7 Å². The largest absolute Gasteiger partial charge is 0.452 e. The first kappa shape index (κ1) is 18.6. The van der Waals surface area contributed by atoms with E-state index in [1.807, 2.05) is 32.9 Å². The van der Waals surface area contributed by atoms with Gasteiger partial charge in [-0.3, -0.25) is 4.79 Å². The van der Waals surface area contributed by atoms with Gasteiger partial charge in [-0.15, -0.1) is 0 Å². The van der Waals surface area contributed by atoms with Gasteiger partial charge in [0, 0.05) is 13.1 Å². The number of carbonyl (C=O) groups is 2. The Hall–Kier alpha value is -2.69. The van der Waals surface area contributed by atoms with Crippen molar-refractivity contribution in [3.8, 4) is 0 Å². The Bertz CT molecular complexity index is 773. The van der Waals surface area contributed by atoms with Gasteiger partial charge in [-0.25, -0.2) is 9.18 Å². The van der Waals surface area contributed by atoms with E-state index < -0.39 is 5.97 Å². The molecule has 0 unspecified atom stereocenters. The van der Waals surface area contributed by atoms with E-state index in [-0.39, 0.29) is 24.9 Å². The second kappa shape index (κ2) is 8.42. The summed E-state index contributed by atoms with van der Waals surface area (Å²) >= 11 is 0. The minimum Gasteiger partial charge on any atom is -0.452 e. The van der Waals surface area contributed by atoms with E-state index in [0.717, 1.165) is 11.1 Å². The molecule has 0 spiro atoms. The van der Waals surface area contributed by atoms with Crippen LogP contribution in [0.3, 0.4) is 0 Å². The van der Waals surface area contributed by atoms with Crippen molar-refractivity contribution < 1.29 is 18.7 Å². The monoisotopic (exact) mass is 343 g/mol. The van der Waals surface area contributed by atoms with E-state index in [4.69, 9.17) is 4.74 Å². The highest BCUT2D eigenvalue weighted by Crippen LogP contribution is 2.12. The van der Waals surface area contributed by atoms with Crippen molar-refractivity contribution in [3.63, 3.8) is 0 Å². The van der Waals surface area contributed by atoms with Crippen molar-refractivity contribution in [1.29, 1.82) is 0 Å². The highest BCUT2D eigenvalue weighted by atomic mass is 19.1. The van der Waals surface area contributed by atoms with Gasteiger partial charge in [0.1, 0.15) is 5.82 Å². The van der Waals surface area contributed by atoms with Crippen LogP contribution in [0.1, 0.15) is 34.0 Å². The fraction of sp³-hybridized carbons (Fsp3) is 0.300. The molecular weight excluding hydrogens is 321 g/mol. The van der Waals surface area contributed by atoms with Crippen LogP contribution in [0, 0.1) is 19.7 Å². The number of ether oxygens (including phenoxy) is 1. The third kappa shape index (κ3) is 5.14. The molecule has 0 bridgehead atoms. The van der Waals surface area contributed by atoms with Crippen molar-refractivity contribution in [2.24, 2.45) is 0 Å². The number of benzene rings is 2. The van der Waals surface area contributed by atoms with E-state index in [1.54, 1.807) is 18.2 Å². The summed E-state index contributed by atoms with van der Waals surface area (Å²) in [5.74, 6) is -1.18. The smallest absolute Gasteiger partial charge is 0.338 e. The number of amides is 1. The number of carbonyl (C=O) groups excluding carboxylic acids is 2. The molecule has 4 nitrogen and oxygen atoms in total. The van der Waals surface area contributed by atoms with E-state index in [9.17, 15) is 14.0 Å². The predicted octanol–water partition coefficient (Wildman–Crippen LogP) is 3.65. The number of hydrogen-bond donors (Lipinski definition) is 0. The normalized spacial score (nSPS) is 10.4. The zero-order valence-corrected chi connectivity index (χ0v) is 14.7. The lowest BCUT2D eigenvalue weighted by molar-refractivity contribution is -0.134. The van der Waals surface area contributed by atoms with Gasteiger partial charge >= 0.3 is 5.97 Å². The van der Waals surface area contributed by atoms with Crippen LogP contribution in [-0.4, -0.2) is 29.9 Å². The van der Waals surface area contributed by atoms with E-state index in [2.05, 4.69) is 0 Å². The molecule has 0 radical (unpaired) electrons. The van der Waals surface area contributed by atoms with Gasteiger partial charge in [0.15, 0.2) is 6.61 Å². The minimum absolute atomic E-state index is 0.272. The second-order valence-corrected chi connectivity index (χ2v) is 5.93. The molecule has 1 amide bonds. The molecule has 0 aromatic heterocycles. The topological polar surface area (TPSA) is 46.6 Å². The van der Waals surface area contributed by atoms with Crippen molar-refractivity contribution in [2.75, 3.05) is 13.2 Å². The summed E-state index contributed by atoms with van der Waals surface area (Å²) in [6.07, 6.45) is 0. The summed E-state index contributed by atoms with van der Waals surface area (Å²) in [4.78, 5) is 26.0. The Kier molecular flexibility index (Phi) is 6.28. The molecule has 2 aromatic rings. The van der Waals surface area contributed by atoms with Gasteiger partial charge in [-0.05, 0) is 50.1 Å². The average Bonchev–Trinajstić information content (AvgIpc) is 2.59. The van der Waals surface area contributed by atoms with Gasteiger partial charge < -0.3 is 9.64 Å². The van der Waals surface area contributed by atoms with Crippen molar-refractivity contribution >= 4 is 11.9 Å². The predicted molar refractivity (Wildman–Crippen MR) is 93.7 cm³/mol. The van der Waals surface area contributed by atoms with Gasteiger partial charge in [-0.1, -0.05) is 29.8 Å². The maximum atomic E-state index is 13.3. The quantitative estimate of drug-likeness (QED) is 0.752. The first-order chi connectivity index (χ1) is 11.9. The molecular formula is C20H22FNO3. The van der Waals surface area contributed by atoms with Gasteiger partial charge in [0.2, 0.25) is 0 Å². The molecule has 0 aliphatic carbocycles. The summed E-state index contributed by atoms with van der Waals surface area (Å²) in [6.45, 7) is 5.91. The molecule has 2 aromatic carbocycles. The number of hydrogen-bond acceptors (Lipinski definition) is 3. The molecule has 0 saturated heterocycles. The van der Waals surface area contributed by atoms with Crippen molar-refractivity contribution in [3.05, 3.63) is 70.5 Å². The lowest BCUT2D eigenvalue weighted by atomic mass is 10.1. The Morgan fingerprint density at radius 2 is 1.88 bits per heavy atom. The summed E-state index contributed by atoms with van der Waals surface area (Å²) in [5, 5.41) is 0. The zero-order chi connectivity index (χ0) is 18.4. The average molecular weight is 343 g/mol. The maximum absolute atomic E-state index is 13.3. The first-order valence-corrected chi connectivity index (χ1v) is 8.17. The van der Waals surface area contributed by atoms with Crippen LogP contribution in [0.4, 0.5) is 4.39 Å². The second-order valence-electron chi connectivity index (χ2n) is 5.93. The third-order valence-corrected chi connectivity index (χ3v) is 3.94. The maximum Gasteiger partial charge on any atom is 0.338 e. The summed E-state index contributed by atoms with van der Waals surface area (Å²) < 4.78 is 18.4. The highest BCUT2D eigenvalue weighted by molar-refractivity contribution is 5.92. The summed E-state index contributed by atoms with van der Waals surface area (Å²) in [6, 6.07) is 11.6. The first-order valence-electron chi connectivity index (χ1n) is 8.17.